The van der Waals surface area contributed by atoms with Gasteiger partial charge >= 0.3 is 0 Å². The van der Waals surface area contributed by atoms with E-state index in [0.717, 1.165) is 42.2 Å². The molecule has 150 valence electrons. The van der Waals surface area contributed by atoms with Gasteiger partial charge in [0.15, 0.2) is 0 Å². The number of pyridine rings is 1. The van der Waals surface area contributed by atoms with Crippen molar-refractivity contribution in [3.8, 4) is 11.3 Å². The van der Waals surface area contributed by atoms with Crippen molar-refractivity contribution in [2.24, 2.45) is 0 Å². The number of H-pyrrole nitrogens is 1. The first kappa shape index (κ1) is 19.1. The highest BCUT2D eigenvalue weighted by Gasteiger charge is 2.25. The molecule has 1 fully saturated rings. The standard InChI is InChI=1S/C22H24N4O3/c1-15-19(16(2)29-24-15)14-25-10-12-26(13-11-25)22(28)18-8-9-20(23-21(18)27)17-6-4-3-5-7-17/h3-9H,10-14H2,1-2H3,(H,23,27). The van der Waals surface area contributed by atoms with Crippen molar-refractivity contribution in [3.63, 3.8) is 0 Å². The van der Waals surface area contributed by atoms with Crippen molar-refractivity contribution in [2.75, 3.05) is 26.2 Å². The first-order valence-corrected chi connectivity index (χ1v) is 9.75. The molecule has 1 N–H and O–H groups in total. The predicted octanol–water partition coefficient (Wildman–Crippen LogP) is 2.60. The Bertz CT molecular complexity index is 1040. The largest absolute Gasteiger partial charge is 0.361 e. The number of nitrogens with one attached hydrogen (secondary N) is 1. The van der Waals surface area contributed by atoms with E-state index in [1.165, 1.54) is 0 Å². The van der Waals surface area contributed by atoms with Gasteiger partial charge in [0.1, 0.15) is 11.3 Å². The average Bonchev–Trinajstić information content (AvgIpc) is 3.06. The lowest BCUT2D eigenvalue weighted by atomic mass is 10.1. The third kappa shape index (κ3) is 4.00. The highest BCUT2D eigenvalue weighted by atomic mass is 16.5. The molecule has 1 aliphatic rings. The van der Waals surface area contributed by atoms with Gasteiger partial charge in [0.25, 0.3) is 11.5 Å². The van der Waals surface area contributed by atoms with E-state index in [1.54, 1.807) is 17.0 Å². The zero-order valence-electron chi connectivity index (χ0n) is 16.6. The Morgan fingerprint density at radius 1 is 1.07 bits per heavy atom. The fourth-order valence-electron chi connectivity index (χ4n) is 3.66. The molecule has 29 heavy (non-hydrogen) atoms. The fraction of sp³-hybridized carbons (Fsp3) is 0.318. The van der Waals surface area contributed by atoms with Crippen LogP contribution in [0.4, 0.5) is 0 Å². The molecule has 0 aliphatic carbocycles. The molecule has 1 aliphatic heterocycles. The summed E-state index contributed by atoms with van der Waals surface area (Å²) in [6, 6.07) is 13.0. The lowest BCUT2D eigenvalue weighted by Crippen LogP contribution is -2.49. The summed E-state index contributed by atoms with van der Waals surface area (Å²) in [5.74, 6) is 0.619. The monoisotopic (exact) mass is 392 g/mol. The van der Waals surface area contributed by atoms with E-state index in [0.29, 0.717) is 18.8 Å². The van der Waals surface area contributed by atoms with E-state index in [2.05, 4.69) is 15.0 Å². The van der Waals surface area contributed by atoms with E-state index in [1.807, 2.05) is 44.2 Å². The van der Waals surface area contributed by atoms with Crippen LogP contribution in [0.15, 0.2) is 51.8 Å². The second kappa shape index (κ2) is 8.05. The highest BCUT2D eigenvalue weighted by Crippen LogP contribution is 2.18. The van der Waals surface area contributed by atoms with Crippen molar-refractivity contribution in [1.82, 2.24) is 19.9 Å². The SMILES string of the molecule is Cc1noc(C)c1CN1CCN(C(=O)c2ccc(-c3ccccc3)[nH]c2=O)CC1. The van der Waals surface area contributed by atoms with Gasteiger partial charge in [-0.05, 0) is 31.5 Å². The number of aromatic amines is 1. The summed E-state index contributed by atoms with van der Waals surface area (Å²) >= 11 is 0. The van der Waals surface area contributed by atoms with Gasteiger partial charge in [0.2, 0.25) is 0 Å². The van der Waals surface area contributed by atoms with Crippen molar-refractivity contribution in [1.29, 1.82) is 0 Å². The second-order valence-electron chi connectivity index (χ2n) is 7.35. The molecule has 0 unspecified atom stereocenters. The summed E-state index contributed by atoms with van der Waals surface area (Å²) in [6.45, 7) is 7.28. The molecular weight excluding hydrogens is 368 g/mol. The van der Waals surface area contributed by atoms with Crippen molar-refractivity contribution in [3.05, 3.63) is 75.4 Å². The summed E-state index contributed by atoms with van der Waals surface area (Å²) in [5, 5.41) is 4.00. The molecule has 0 bridgehead atoms. The first-order valence-electron chi connectivity index (χ1n) is 9.75. The minimum Gasteiger partial charge on any atom is -0.361 e. The van der Waals surface area contributed by atoms with Crippen molar-refractivity contribution in [2.45, 2.75) is 20.4 Å². The zero-order valence-corrected chi connectivity index (χ0v) is 16.6. The Morgan fingerprint density at radius 2 is 1.79 bits per heavy atom. The minimum absolute atomic E-state index is 0.184. The van der Waals surface area contributed by atoms with Crippen LogP contribution in [-0.2, 0) is 6.54 Å². The van der Waals surface area contributed by atoms with E-state index >= 15 is 0 Å². The maximum Gasteiger partial charge on any atom is 0.261 e. The number of aryl methyl sites for hydroxylation is 2. The Morgan fingerprint density at radius 3 is 2.41 bits per heavy atom. The van der Waals surface area contributed by atoms with E-state index < -0.39 is 0 Å². The van der Waals surface area contributed by atoms with E-state index in [-0.39, 0.29) is 17.0 Å². The number of nitrogens with zero attached hydrogens (tertiary/aromatic N) is 3. The van der Waals surface area contributed by atoms with Gasteiger partial charge < -0.3 is 14.4 Å². The lowest BCUT2D eigenvalue weighted by molar-refractivity contribution is 0.0626. The molecule has 1 aromatic carbocycles. The fourth-order valence-corrected chi connectivity index (χ4v) is 3.66. The summed E-state index contributed by atoms with van der Waals surface area (Å²) < 4.78 is 5.23. The Labute approximate surface area is 168 Å². The van der Waals surface area contributed by atoms with Crippen LogP contribution >= 0.6 is 0 Å². The number of amides is 1. The third-order valence-electron chi connectivity index (χ3n) is 5.45. The molecule has 0 saturated carbocycles. The minimum atomic E-state index is -0.352. The van der Waals surface area contributed by atoms with Gasteiger partial charge in [-0.15, -0.1) is 0 Å². The lowest BCUT2D eigenvalue weighted by Gasteiger charge is -2.34. The van der Waals surface area contributed by atoms with Crippen LogP contribution in [0.5, 0.6) is 0 Å². The van der Waals surface area contributed by atoms with Gasteiger partial charge in [0, 0.05) is 44.0 Å². The average molecular weight is 392 g/mol. The number of carbonyl (C=O) groups is 1. The van der Waals surface area contributed by atoms with Crippen LogP contribution in [0.2, 0.25) is 0 Å². The smallest absolute Gasteiger partial charge is 0.261 e. The molecular formula is C22H24N4O3. The molecule has 0 radical (unpaired) electrons. The molecule has 3 aromatic rings. The zero-order chi connectivity index (χ0) is 20.4. The topological polar surface area (TPSA) is 82.4 Å². The number of carbonyl (C=O) groups excluding carboxylic acids is 1. The van der Waals surface area contributed by atoms with Crippen molar-refractivity contribution >= 4 is 5.91 Å². The quantitative estimate of drug-likeness (QED) is 0.738. The Kier molecular flexibility index (Phi) is 5.31. The van der Waals surface area contributed by atoms with Crippen LogP contribution in [0.25, 0.3) is 11.3 Å². The van der Waals surface area contributed by atoms with E-state index in [9.17, 15) is 9.59 Å². The molecule has 1 amide bonds. The van der Waals surface area contributed by atoms with Gasteiger partial charge in [0.05, 0.1) is 5.69 Å². The first-order chi connectivity index (χ1) is 14.0. The van der Waals surface area contributed by atoms with Crippen LogP contribution in [0.3, 0.4) is 0 Å². The summed E-state index contributed by atoms with van der Waals surface area (Å²) in [5.41, 5.74) is 3.47. The number of hydrogen-bond donors (Lipinski definition) is 1. The van der Waals surface area contributed by atoms with Crippen LogP contribution in [-0.4, -0.2) is 52.0 Å². The molecule has 2 aromatic heterocycles. The van der Waals surface area contributed by atoms with Gasteiger partial charge in [-0.2, -0.15) is 0 Å². The number of benzene rings is 1. The number of piperazine rings is 1. The van der Waals surface area contributed by atoms with Gasteiger partial charge in [-0.1, -0.05) is 35.5 Å². The van der Waals surface area contributed by atoms with E-state index in [4.69, 9.17) is 4.52 Å². The molecule has 7 nitrogen and oxygen atoms in total. The third-order valence-corrected chi connectivity index (χ3v) is 5.45. The van der Waals surface area contributed by atoms with Crippen LogP contribution in [0, 0.1) is 13.8 Å². The molecule has 3 heterocycles. The summed E-state index contributed by atoms with van der Waals surface area (Å²) in [7, 11) is 0. The maximum atomic E-state index is 12.9. The van der Waals surface area contributed by atoms with Gasteiger partial charge in [-0.25, -0.2) is 0 Å². The summed E-state index contributed by atoms with van der Waals surface area (Å²) in [6.07, 6.45) is 0. The number of rotatable bonds is 4. The normalized spacial score (nSPS) is 14.9. The molecule has 4 rings (SSSR count). The number of aromatic nitrogens is 2. The highest BCUT2D eigenvalue weighted by molar-refractivity contribution is 5.94. The summed E-state index contributed by atoms with van der Waals surface area (Å²) in [4.78, 5) is 32.2. The molecule has 7 heteroatoms. The Balaban J connectivity index is 1.41. The molecule has 0 spiro atoms. The Hall–Kier alpha value is -3.19. The van der Waals surface area contributed by atoms with Crippen LogP contribution in [0.1, 0.15) is 27.4 Å². The molecule has 1 saturated heterocycles. The molecule has 0 atom stereocenters. The number of hydrogen-bond acceptors (Lipinski definition) is 5. The van der Waals surface area contributed by atoms with Gasteiger partial charge in [-0.3, -0.25) is 14.5 Å². The van der Waals surface area contributed by atoms with Crippen molar-refractivity contribution < 1.29 is 9.32 Å². The second-order valence-corrected chi connectivity index (χ2v) is 7.35. The maximum absolute atomic E-state index is 12.9. The van der Waals surface area contributed by atoms with Crippen LogP contribution < -0.4 is 5.56 Å². The predicted molar refractivity (Wildman–Crippen MR) is 110 cm³/mol.